The third kappa shape index (κ3) is 15.6. The maximum absolute atomic E-state index is 13.6. The average molecular weight is 1630 g/mol. The molecule has 0 amide bonds. The minimum Gasteiger partial charge on any atom is -0.425 e. The predicted molar refractivity (Wildman–Crippen MR) is 490 cm³/mol. The van der Waals surface area contributed by atoms with E-state index in [0.717, 1.165) is 56.6 Å². The maximum atomic E-state index is 13.6. The second-order valence-electron chi connectivity index (χ2n) is 32.1. The molecule has 8 nitrogen and oxygen atoms in total. The highest BCUT2D eigenvalue weighted by atomic mass is 32.2. The van der Waals surface area contributed by atoms with E-state index in [1.165, 1.54) is 174 Å². The second kappa shape index (κ2) is 35.1. The van der Waals surface area contributed by atoms with Gasteiger partial charge in [-0.1, -0.05) is 231 Å². The molecule has 0 aromatic heterocycles. The second-order valence-corrected chi connectivity index (χ2v) is 41.1. The van der Waals surface area contributed by atoms with Gasteiger partial charge >= 0.3 is 23.9 Å². The van der Waals surface area contributed by atoms with Gasteiger partial charge in [0.05, 0.1) is 23.0 Å². The molecule has 0 saturated carbocycles. The number of esters is 4. The number of carbonyl (C=O) groups excluding carboxylic acids is 4. The Kier molecular flexibility index (Phi) is 23.0. The van der Waals surface area contributed by atoms with E-state index >= 15 is 0 Å². The lowest BCUT2D eigenvalue weighted by Gasteiger charge is -2.22. The van der Waals surface area contributed by atoms with E-state index in [4.69, 9.17) is 18.9 Å². The lowest BCUT2D eigenvalue weighted by atomic mass is 9.84. The third-order valence-corrected chi connectivity index (χ3v) is 35.4. The number of hydrogen-bond acceptors (Lipinski definition) is 8. The van der Waals surface area contributed by atoms with Gasteiger partial charge in [-0.05, 0) is 194 Å². The Bertz CT molecular complexity index is 6060. The van der Waals surface area contributed by atoms with Crippen molar-refractivity contribution in [3.05, 3.63) is 348 Å². The first kappa shape index (κ1) is 77.3. The van der Waals surface area contributed by atoms with Crippen molar-refractivity contribution in [2.24, 2.45) is 11.8 Å². The van der Waals surface area contributed by atoms with Crippen molar-refractivity contribution in [1.29, 1.82) is 0 Å². The summed E-state index contributed by atoms with van der Waals surface area (Å²) in [5.41, 5.74) is 10.4. The SMILES string of the molecule is O=C(Oc1ccc([S+]2CCCC2)c2ccccc12)C1=CCc2ccccc21.O=C(Oc1ccc([S+]2CCCC2)c2ccccc12)C1c2ccccc2C2C=CC=CC21.O=C(Oc1ccc([S+]2CCCCC2)c2ccccc12)C1=CCc2ccccc21.O=C(Oc1ccc([S+]2CCCCC2)c2ccccc12)C1c2ccccc2C2C=CC=CC21. The fourth-order valence-electron chi connectivity index (χ4n) is 19.5. The van der Waals surface area contributed by atoms with Gasteiger partial charge in [0.1, 0.15) is 69.0 Å². The highest BCUT2D eigenvalue weighted by Crippen LogP contribution is 2.53. The highest BCUT2D eigenvalue weighted by molar-refractivity contribution is 7.98. The van der Waals surface area contributed by atoms with Crippen molar-refractivity contribution >= 4 is 122 Å². The van der Waals surface area contributed by atoms with Crippen LogP contribution in [0.2, 0.25) is 0 Å². The van der Waals surface area contributed by atoms with Gasteiger partial charge < -0.3 is 18.9 Å². The molecule has 12 aromatic carbocycles. The Balaban J connectivity index is 0.000000105. The normalized spacial score (nSPS) is 20.7. The van der Waals surface area contributed by atoms with Crippen molar-refractivity contribution in [2.45, 2.75) is 120 Å². The number of ether oxygens (including phenoxy) is 4. The Morgan fingerprint density at radius 1 is 0.263 bits per heavy atom. The Morgan fingerprint density at radius 2 is 0.534 bits per heavy atom. The molecule has 6 atom stereocenters. The largest absolute Gasteiger partial charge is 0.425 e. The van der Waals surface area contributed by atoms with Crippen LogP contribution in [-0.4, -0.2) is 69.9 Å². The van der Waals surface area contributed by atoms with Gasteiger partial charge in [0.2, 0.25) is 0 Å². The van der Waals surface area contributed by atoms with Crippen LogP contribution in [0.15, 0.2) is 323 Å². The van der Waals surface area contributed by atoms with Crippen LogP contribution in [0.1, 0.15) is 132 Å². The van der Waals surface area contributed by atoms with E-state index in [-0.39, 0.29) is 59.4 Å². The average Bonchev–Trinajstić information content (AvgIpc) is 1.60. The van der Waals surface area contributed by atoms with Gasteiger partial charge in [-0.25, -0.2) is 9.59 Å². The van der Waals surface area contributed by atoms with Gasteiger partial charge in [-0.3, -0.25) is 9.59 Å². The summed E-state index contributed by atoms with van der Waals surface area (Å²) in [5, 5.41) is 9.13. The summed E-state index contributed by atoms with van der Waals surface area (Å²) in [6.45, 7) is 0. The molecule has 0 spiro atoms. The lowest BCUT2D eigenvalue weighted by Crippen LogP contribution is -2.24. The van der Waals surface area contributed by atoms with Crippen LogP contribution >= 0.6 is 0 Å². The molecule has 4 saturated heterocycles. The molecular weight excluding hydrogens is 1530 g/mol. The van der Waals surface area contributed by atoms with Gasteiger partial charge in [0, 0.05) is 110 Å². The quantitative estimate of drug-likeness (QED) is 0.0677. The lowest BCUT2D eigenvalue weighted by molar-refractivity contribution is -0.137. The topological polar surface area (TPSA) is 105 Å². The molecule has 6 unspecified atom stereocenters. The minimum atomic E-state index is -0.268. The van der Waals surface area contributed by atoms with E-state index in [9.17, 15) is 19.2 Å². The van der Waals surface area contributed by atoms with E-state index in [0.29, 0.717) is 77.7 Å². The highest BCUT2D eigenvalue weighted by Gasteiger charge is 2.46. The maximum Gasteiger partial charge on any atom is 0.343 e. The Hall–Kier alpha value is -10.6. The van der Waals surface area contributed by atoms with E-state index < -0.39 is 0 Å². The van der Waals surface area contributed by atoms with Crippen LogP contribution in [0, 0.1) is 11.8 Å². The van der Waals surface area contributed by atoms with Gasteiger partial charge in [-0.2, -0.15) is 0 Å². The van der Waals surface area contributed by atoms with Crippen molar-refractivity contribution in [2.75, 3.05) is 46.0 Å². The first-order chi connectivity index (χ1) is 58.2. The molecule has 12 aromatic rings. The zero-order chi connectivity index (χ0) is 79.4. The van der Waals surface area contributed by atoms with E-state index in [2.05, 4.69) is 194 Å². The van der Waals surface area contributed by atoms with Crippen molar-refractivity contribution in [3.63, 3.8) is 0 Å². The molecule has 0 bridgehead atoms. The number of carbonyl (C=O) groups is 4. The first-order valence-corrected chi connectivity index (χ1v) is 48.6. The van der Waals surface area contributed by atoms with Crippen LogP contribution in [0.4, 0.5) is 0 Å². The van der Waals surface area contributed by atoms with Crippen LogP contribution in [0.3, 0.4) is 0 Å². The third-order valence-electron chi connectivity index (χ3n) is 25.2. The van der Waals surface area contributed by atoms with Crippen molar-refractivity contribution in [1.82, 2.24) is 0 Å². The molecule has 12 heteroatoms. The number of fused-ring (bicyclic) bond motifs is 12. The van der Waals surface area contributed by atoms with E-state index in [1.807, 2.05) is 109 Å². The summed E-state index contributed by atoms with van der Waals surface area (Å²) in [4.78, 5) is 58.6. The predicted octanol–water partition coefficient (Wildman–Crippen LogP) is 23.4. The number of allylic oxidation sites excluding steroid dienone is 10. The fourth-order valence-corrected chi connectivity index (χ4v) is 29.5. The Morgan fingerprint density at radius 3 is 0.873 bits per heavy atom. The van der Waals surface area contributed by atoms with Crippen LogP contribution in [-0.2, 0) is 75.6 Å². The summed E-state index contributed by atoms with van der Waals surface area (Å²) in [7, 11) is 1.26. The molecule has 4 heterocycles. The van der Waals surface area contributed by atoms with Crippen LogP contribution in [0.5, 0.6) is 23.0 Å². The molecule has 4 aliphatic heterocycles. The number of benzene rings is 12. The monoisotopic (exact) mass is 1620 g/mol. The Labute approximate surface area is 703 Å². The molecule has 0 N–H and O–H groups in total. The van der Waals surface area contributed by atoms with Gasteiger partial charge in [0.15, 0.2) is 19.6 Å². The molecule has 0 radical (unpaired) electrons. The summed E-state index contributed by atoms with van der Waals surface area (Å²) in [6, 6.07) is 83.1. The summed E-state index contributed by atoms with van der Waals surface area (Å²) in [6.07, 6.45) is 35.9. The zero-order valence-corrected chi connectivity index (χ0v) is 69.6. The van der Waals surface area contributed by atoms with E-state index in [1.54, 1.807) is 0 Å². The standard InChI is InChI=1S/C29H27O2S.C28H25O2S.C25H23O2S.C24H21O2S/c30-29(28-24-14-6-2-10-20(24)21-11-3-7-15-25(21)28)31-26-16-17-27(32-18-8-1-9-19-32)23-13-5-4-12-22(23)26;29-28(27-23-13-5-1-9-19(23)20-10-2-6-14-24(20)27)30-25-15-16-26(31-17-7-8-18-31)22-12-4-3-11-21(22)25;26-25(22-13-12-18-8-2-3-9-19(18)22)27-23-14-15-24(28-16-6-1-7-17-28)21-11-5-4-10-20(21)23;25-24(21-12-11-17-7-1-2-8-18(17)21)26-22-13-14-23(27-15-5-6-16-27)20-10-4-3-9-19(20)22/h2-7,10-17,20,24,28H,1,8-9,18-19H2;1-6,9-16,19,23,27H,7-8,17-18H2;2-5,8-11,13-15H,1,6-7,12,16-17H2;1-4,7-10,12-14H,5-6,11,15-16H2/q4*+1. The smallest absolute Gasteiger partial charge is 0.343 e. The number of rotatable bonds is 12. The van der Waals surface area contributed by atoms with Gasteiger partial charge in [-0.15, -0.1) is 0 Å². The molecule has 588 valence electrons. The molecule has 22 rings (SSSR count). The summed E-state index contributed by atoms with van der Waals surface area (Å²) < 4.78 is 24.1. The minimum absolute atomic E-state index is 0.124. The number of hydrogen-bond donors (Lipinski definition) is 0. The summed E-state index contributed by atoms with van der Waals surface area (Å²) >= 11 is 0. The van der Waals surface area contributed by atoms with Crippen LogP contribution < -0.4 is 18.9 Å². The van der Waals surface area contributed by atoms with Crippen molar-refractivity contribution in [3.8, 4) is 23.0 Å². The molecule has 10 aliphatic rings. The molecular formula is C106H96O8S4+4. The van der Waals surface area contributed by atoms with Crippen molar-refractivity contribution < 1.29 is 38.1 Å². The molecule has 118 heavy (non-hydrogen) atoms. The molecule has 4 fully saturated rings. The fraction of sp³-hybridized carbons (Fsp3) is 0.245. The summed E-state index contributed by atoms with van der Waals surface area (Å²) in [5.74, 6) is 12.4. The van der Waals surface area contributed by atoms with Crippen LogP contribution in [0.25, 0.3) is 54.2 Å². The molecule has 6 aliphatic carbocycles. The zero-order valence-electron chi connectivity index (χ0n) is 66.4. The van der Waals surface area contributed by atoms with Gasteiger partial charge in [0.25, 0.3) is 0 Å². The first-order valence-electron chi connectivity index (χ1n) is 42.3.